The minimum atomic E-state index is -0.125. The lowest BCUT2D eigenvalue weighted by Gasteiger charge is -2.14. The van der Waals surface area contributed by atoms with Crippen LogP contribution in [0.2, 0.25) is 0 Å². The van der Waals surface area contributed by atoms with E-state index in [9.17, 15) is 0 Å². The predicted molar refractivity (Wildman–Crippen MR) is 38.1 cm³/mol. The van der Waals surface area contributed by atoms with E-state index in [0.29, 0.717) is 0 Å². The van der Waals surface area contributed by atoms with Gasteiger partial charge >= 0.3 is 0 Å². The molecule has 0 saturated carbocycles. The minimum Gasteiger partial charge on any atom is -0.394 e. The smallest absolute Gasteiger partial charge is 0.0675 e. The summed E-state index contributed by atoms with van der Waals surface area (Å²) in [6.45, 7) is -0.250. The third-order valence-corrected chi connectivity index (χ3v) is 0.1000. The fourth-order valence-corrected chi connectivity index (χ4v) is 0. The molecule has 0 aliphatic carbocycles. The molecule has 2 N–H and O–H groups in total. The van der Waals surface area contributed by atoms with Crippen molar-refractivity contribution in [2.24, 2.45) is 0 Å². The van der Waals surface area contributed by atoms with Gasteiger partial charge in [0.2, 0.25) is 0 Å². The van der Waals surface area contributed by atoms with Crippen LogP contribution in [0.3, 0.4) is 0 Å². The molecule has 0 atom stereocenters. The van der Waals surface area contributed by atoms with Crippen LogP contribution in [-0.4, -0.2) is 56.1 Å². The quantitative estimate of drug-likeness (QED) is 0.468. The summed E-state index contributed by atoms with van der Waals surface area (Å²) in [5, 5.41) is 15.2. The average molecular weight is 136 g/mol. The maximum absolute atomic E-state index is 7.62. The molecule has 0 rings (SSSR count). The molecule has 0 radical (unpaired) electrons. The normalized spacial score (nSPS) is 10.0. The minimum absolute atomic E-state index is 0.125. The van der Waals surface area contributed by atoms with Gasteiger partial charge in [-0.3, -0.25) is 0 Å². The van der Waals surface area contributed by atoms with Crippen LogP contribution in [0.5, 0.6) is 0 Å². The highest BCUT2D eigenvalue weighted by Crippen LogP contribution is 1.73. The lowest BCUT2D eigenvalue weighted by Crippen LogP contribution is -2.27. The first-order valence-electron chi connectivity index (χ1n) is 2.92. The van der Waals surface area contributed by atoms with Gasteiger partial charge in [-0.1, -0.05) is 0 Å². The summed E-state index contributed by atoms with van der Waals surface area (Å²) < 4.78 is 1.00. The van der Waals surface area contributed by atoms with Gasteiger partial charge in [0, 0.05) is 0 Å². The number of nitrogens with zero attached hydrogens (tertiary/aromatic N) is 1. The van der Waals surface area contributed by atoms with Gasteiger partial charge in [-0.15, -0.1) is 0 Å². The van der Waals surface area contributed by atoms with Crippen LogP contribution < -0.4 is 0 Å². The Kier molecular flexibility index (Phi) is 7.77. The molecule has 0 aromatic rings. The Hall–Kier alpha value is -0.120. The molecular weight excluding hydrogens is 118 g/mol. The van der Waals surface area contributed by atoms with Crippen LogP contribution in [0.1, 0.15) is 0 Å². The molecular formula is C6H18NO2+. The molecule has 0 unspecified atom stereocenters. The van der Waals surface area contributed by atoms with Gasteiger partial charge < -0.3 is 14.7 Å². The molecule has 0 bridgehead atoms. The van der Waals surface area contributed by atoms with E-state index >= 15 is 0 Å². The number of aliphatic hydroxyl groups is 2. The molecule has 0 saturated heterocycles. The van der Waals surface area contributed by atoms with Gasteiger partial charge in [0.15, 0.2) is 0 Å². The van der Waals surface area contributed by atoms with Crippen LogP contribution >= 0.6 is 0 Å². The zero-order chi connectivity index (χ0) is 7.91. The Morgan fingerprint density at radius 3 is 1.00 bits per heavy atom. The number of aliphatic hydroxyl groups excluding tert-OH is 2. The Bertz CT molecular complexity index is 41.5. The largest absolute Gasteiger partial charge is 0.394 e. The number of rotatable bonds is 1. The first kappa shape index (κ1) is 11.6. The van der Waals surface area contributed by atoms with Gasteiger partial charge in [-0.25, -0.2) is 0 Å². The molecule has 3 heteroatoms. The van der Waals surface area contributed by atoms with Gasteiger partial charge in [0.1, 0.15) is 0 Å². The molecule has 0 fully saturated rings. The highest BCUT2D eigenvalue weighted by atomic mass is 16.3. The molecule has 9 heavy (non-hydrogen) atoms. The second-order valence-corrected chi connectivity index (χ2v) is 3.13. The van der Waals surface area contributed by atoms with Crippen molar-refractivity contribution < 1.29 is 14.7 Å². The number of quaternary nitrogens is 1. The summed E-state index contributed by atoms with van der Waals surface area (Å²) in [7, 11) is 8.50. The summed E-state index contributed by atoms with van der Waals surface area (Å²) >= 11 is 0. The SMILES string of the molecule is C[N+](C)(C)C.OCCO. The lowest BCUT2D eigenvalue weighted by molar-refractivity contribution is -0.849. The van der Waals surface area contributed by atoms with Gasteiger partial charge in [0.25, 0.3) is 0 Å². The van der Waals surface area contributed by atoms with E-state index in [1.807, 2.05) is 0 Å². The van der Waals surface area contributed by atoms with Crippen LogP contribution in [0.4, 0.5) is 0 Å². The van der Waals surface area contributed by atoms with E-state index < -0.39 is 0 Å². The first-order valence-corrected chi connectivity index (χ1v) is 2.92. The highest BCUT2D eigenvalue weighted by molar-refractivity contribution is 4.06. The van der Waals surface area contributed by atoms with E-state index in [-0.39, 0.29) is 13.2 Å². The summed E-state index contributed by atoms with van der Waals surface area (Å²) in [6.07, 6.45) is 0. The van der Waals surface area contributed by atoms with E-state index in [4.69, 9.17) is 10.2 Å². The summed E-state index contributed by atoms with van der Waals surface area (Å²) in [6, 6.07) is 0. The van der Waals surface area contributed by atoms with Crippen molar-refractivity contribution in [2.45, 2.75) is 0 Å². The summed E-state index contributed by atoms with van der Waals surface area (Å²) in [5.41, 5.74) is 0. The van der Waals surface area contributed by atoms with Crippen molar-refractivity contribution in [1.29, 1.82) is 0 Å². The van der Waals surface area contributed by atoms with Crippen LogP contribution in [0.15, 0.2) is 0 Å². The maximum atomic E-state index is 7.62. The molecule has 0 spiro atoms. The van der Waals surface area contributed by atoms with Crippen molar-refractivity contribution in [2.75, 3.05) is 41.4 Å². The zero-order valence-electron chi connectivity index (χ0n) is 6.76. The second-order valence-electron chi connectivity index (χ2n) is 3.13. The first-order chi connectivity index (χ1) is 3.91. The standard InChI is InChI=1S/C4H12N.C2H6O2/c1-5(2,3)4;3-1-2-4/h1-4H3;3-4H,1-2H2/q+1;. The van der Waals surface area contributed by atoms with E-state index in [1.165, 1.54) is 0 Å². The predicted octanol–water partition coefficient (Wildman–Crippen LogP) is -0.707. The monoisotopic (exact) mass is 136 g/mol. The molecule has 0 aromatic heterocycles. The van der Waals surface area contributed by atoms with Crippen molar-refractivity contribution >= 4 is 0 Å². The second kappa shape index (κ2) is 6.01. The lowest BCUT2D eigenvalue weighted by atomic mass is 10.8. The number of hydrogen-bond acceptors (Lipinski definition) is 2. The topological polar surface area (TPSA) is 40.5 Å². The van der Waals surface area contributed by atoms with Crippen molar-refractivity contribution in [3.63, 3.8) is 0 Å². The third-order valence-electron chi connectivity index (χ3n) is 0.1000. The molecule has 3 nitrogen and oxygen atoms in total. The molecule has 0 aliphatic heterocycles. The zero-order valence-corrected chi connectivity index (χ0v) is 6.76. The van der Waals surface area contributed by atoms with E-state index in [2.05, 4.69) is 28.2 Å². The average Bonchev–Trinajstić information content (AvgIpc) is 1.61. The fraction of sp³-hybridized carbons (Fsp3) is 1.00. The molecule has 0 amide bonds. The van der Waals surface area contributed by atoms with Crippen LogP contribution in [0, 0.1) is 0 Å². The van der Waals surface area contributed by atoms with Crippen molar-refractivity contribution in [3.05, 3.63) is 0 Å². The Balaban J connectivity index is 0. The molecule has 0 aromatic carbocycles. The van der Waals surface area contributed by atoms with Crippen LogP contribution in [-0.2, 0) is 0 Å². The Morgan fingerprint density at radius 1 is 0.889 bits per heavy atom. The molecule has 58 valence electrons. The van der Waals surface area contributed by atoms with Gasteiger partial charge in [-0.05, 0) is 0 Å². The van der Waals surface area contributed by atoms with Gasteiger partial charge in [0.05, 0.1) is 41.4 Å². The molecule has 0 heterocycles. The maximum Gasteiger partial charge on any atom is 0.0675 e. The summed E-state index contributed by atoms with van der Waals surface area (Å²) in [4.78, 5) is 0. The van der Waals surface area contributed by atoms with E-state index in [1.54, 1.807) is 0 Å². The number of hydrogen-bond donors (Lipinski definition) is 2. The van der Waals surface area contributed by atoms with Crippen molar-refractivity contribution in [3.8, 4) is 0 Å². The highest BCUT2D eigenvalue weighted by Gasteiger charge is 1.88. The van der Waals surface area contributed by atoms with Crippen LogP contribution in [0.25, 0.3) is 0 Å². The summed E-state index contributed by atoms with van der Waals surface area (Å²) in [5.74, 6) is 0. The fourth-order valence-electron chi connectivity index (χ4n) is 0. The van der Waals surface area contributed by atoms with Gasteiger partial charge in [-0.2, -0.15) is 0 Å². The van der Waals surface area contributed by atoms with Crippen molar-refractivity contribution in [1.82, 2.24) is 0 Å². The Morgan fingerprint density at radius 2 is 1.00 bits per heavy atom. The molecule has 0 aliphatic rings. The van der Waals surface area contributed by atoms with E-state index in [0.717, 1.165) is 4.48 Å². The Labute approximate surface area is 57.1 Å². The third kappa shape index (κ3) is 352.